The van der Waals surface area contributed by atoms with Gasteiger partial charge in [0.05, 0.1) is 23.1 Å². The number of fused-ring (bicyclic) bond motifs is 1. The molecule has 0 radical (unpaired) electrons. The van der Waals surface area contributed by atoms with Gasteiger partial charge in [-0.05, 0) is 31.0 Å². The zero-order chi connectivity index (χ0) is 19.6. The molecule has 3 rings (SSSR count). The number of thiazole rings is 1. The Labute approximate surface area is 167 Å². The second-order valence-electron chi connectivity index (χ2n) is 6.48. The molecule has 0 N–H and O–H groups in total. The van der Waals surface area contributed by atoms with E-state index in [9.17, 15) is 13.2 Å². The van der Waals surface area contributed by atoms with Gasteiger partial charge in [-0.15, -0.1) is 0 Å². The number of methoxy groups -OCH3 is 1. The van der Waals surface area contributed by atoms with Gasteiger partial charge in [-0.2, -0.15) is 9.30 Å². The summed E-state index contributed by atoms with van der Waals surface area (Å²) in [6, 6.07) is 4.77. The molecule has 148 valence electrons. The molecular weight excluding hydrogens is 410 g/mol. The molecule has 1 saturated heterocycles. The average molecular weight is 432 g/mol. The Kier molecular flexibility index (Phi) is 6.37. The van der Waals surface area contributed by atoms with E-state index in [4.69, 9.17) is 16.3 Å². The topological polar surface area (TPSA) is 81.0 Å². The number of carbonyl (C=O) groups is 1. The number of sulfonamides is 1. The Balaban J connectivity index is 2.04. The van der Waals surface area contributed by atoms with Crippen molar-refractivity contribution in [2.45, 2.75) is 31.8 Å². The Hall–Kier alpha value is -1.26. The highest BCUT2D eigenvalue weighted by molar-refractivity contribution is 7.88. The van der Waals surface area contributed by atoms with Crippen molar-refractivity contribution in [1.82, 2.24) is 8.87 Å². The van der Waals surface area contributed by atoms with Crippen LogP contribution < -0.4 is 4.80 Å². The molecule has 0 bridgehead atoms. The Morgan fingerprint density at radius 3 is 2.89 bits per heavy atom. The third-order valence-electron chi connectivity index (χ3n) is 4.53. The summed E-state index contributed by atoms with van der Waals surface area (Å²) >= 11 is 7.44. The van der Waals surface area contributed by atoms with Crippen LogP contribution in [0.3, 0.4) is 0 Å². The quantitative estimate of drug-likeness (QED) is 0.727. The molecule has 2 aromatic rings. The van der Waals surface area contributed by atoms with Gasteiger partial charge >= 0.3 is 0 Å². The van der Waals surface area contributed by atoms with Gasteiger partial charge in [-0.3, -0.25) is 4.79 Å². The van der Waals surface area contributed by atoms with Crippen LogP contribution >= 0.6 is 22.9 Å². The number of nitrogens with zero attached hydrogens (tertiary/aromatic N) is 3. The van der Waals surface area contributed by atoms with Gasteiger partial charge in [0, 0.05) is 25.2 Å². The molecule has 1 aromatic heterocycles. The monoisotopic (exact) mass is 431 g/mol. The van der Waals surface area contributed by atoms with E-state index in [1.54, 1.807) is 13.2 Å². The smallest absolute Gasteiger partial charge is 0.266 e. The Morgan fingerprint density at radius 2 is 2.19 bits per heavy atom. The van der Waals surface area contributed by atoms with Crippen LogP contribution in [0.1, 0.15) is 19.3 Å². The van der Waals surface area contributed by atoms with Crippen molar-refractivity contribution >= 4 is 49.1 Å². The predicted molar refractivity (Wildman–Crippen MR) is 106 cm³/mol. The number of amides is 1. The summed E-state index contributed by atoms with van der Waals surface area (Å²) in [6.07, 6.45) is 3.19. The van der Waals surface area contributed by atoms with Crippen molar-refractivity contribution in [3.63, 3.8) is 0 Å². The maximum Gasteiger partial charge on any atom is 0.266 e. The summed E-state index contributed by atoms with van der Waals surface area (Å²) in [4.78, 5) is 17.7. The number of piperidine rings is 1. The number of halogens is 1. The molecule has 0 spiro atoms. The summed E-state index contributed by atoms with van der Waals surface area (Å²) < 4.78 is 33.3. The summed E-state index contributed by atoms with van der Waals surface area (Å²) in [5.41, 5.74) is 0.914. The molecule has 1 unspecified atom stereocenters. The first-order chi connectivity index (χ1) is 12.8. The van der Waals surface area contributed by atoms with Crippen molar-refractivity contribution in [3.8, 4) is 0 Å². The standard InChI is InChI=1S/C17H22ClN3O4S2/c1-25-10-9-20-13-7-6-12(18)11-15(13)26-17(20)19-16(22)14-5-3-4-8-21(14)27(2,23)24/h6-7,11,14H,3-5,8-10H2,1-2H3. The van der Waals surface area contributed by atoms with Crippen LogP contribution in [0.4, 0.5) is 0 Å². The minimum Gasteiger partial charge on any atom is -0.383 e. The van der Waals surface area contributed by atoms with Gasteiger partial charge in [0.25, 0.3) is 5.91 Å². The molecule has 1 aliphatic heterocycles. The molecular formula is C17H22ClN3O4S2. The number of hydrogen-bond acceptors (Lipinski definition) is 5. The fourth-order valence-electron chi connectivity index (χ4n) is 3.25. The highest BCUT2D eigenvalue weighted by Crippen LogP contribution is 2.23. The lowest BCUT2D eigenvalue weighted by Gasteiger charge is -2.31. The fourth-order valence-corrected chi connectivity index (χ4v) is 5.70. The molecule has 1 fully saturated rings. The molecule has 1 aromatic carbocycles. The molecule has 2 heterocycles. The third kappa shape index (κ3) is 4.60. The first-order valence-electron chi connectivity index (χ1n) is 8.64. The molecule has 27 heavy (non-hydrogen) atoms. The molecule has 10 heteroatoms. The predicted octanol–water partition coefficient (Wildman–Crippen LogP) is 2.24. The van der Waals surface area contributed by atoms with Gasteiger partial charge in [0.15, 0.2) is 4.80 Å². The van der Waals surface area contributed by atoms with Crippen LogP contribution in [0.2, 0.25) is 5.02 Å². The minimum absolute atomic E-state index is 0.358. The van der Waals surface area contributed by atoms with Gasteiger partial charge in [-0.1, -0.05) is 29.4 Å². The van der Waals surface area contributed by atoms with Crippen molar-refractivity contribution in [2.75, 3.05) is 26.5 Å². The van der Waals surface area contributed by atoms with E-state index >= 15 is 0 Å². The average Bonchev–Trinajstić information content (AvgIpc) is 2.95. The second kappa shape index (κ2) is 8.40. The van der Waals surface area contributed by atoms with Crippen LogP contribution in [0.15, 0.2) is 23.2 Å². The largest absolute Gasteiger partial charge is 0.383 e. The van der Waals surface area contributed by atoms with E-state index in [2.05, 4.69) is 4.99 Å². The van der Waals surface area contributed by atoms with E-state index in [1.807, 2.05) is 16.7 Å². The van der Waals surface area contributed by atoms with E-state index in [0.29, 0.717) is 35.9 Å². The summed E-state index contributed by atoms with van der Waals surface area (Å²) in [5.74, 6) is -0.427. The first kappa shape index (κ1) is 20.5. The Bertz CT molecular complexity index is 1010. The summed E-state index contributed by atoms with van der Waals surface area (Å²) in [6.45, 7) is 1.36. The molecule has 0 aliphatic carbocycles. The highest BCUT2D eigenvalue weighted by Gasteiger charge is 2.34. The number of rotatable bonds is 5. The molecule has 0 saturated carbocycles. The molecule has 1 amide bonds. The van der Waals surface area contributed by atoms with Crippen molar-refractivity contribution in [1.29, 1.82) is 0 Å². The van der Waals surface area contributed by atoms with Crippen LogP contribution in [-0.4, -0.2) is 55.8 Å². The van der Waals surface area contributed by atoms with Crippen molar-refractivity contribution < 1.29 is 17.9 Å². The SMILES string of the molecule is COCCn1c(=NC(=O)C2CCCCN2S(C)(=O)=O)sc2cc(Cl)ccc21. The number of aromatic nitrogens is 1. The summed E-state index contributed by atoms with van der Waals surface area (Å²) in [7, 11) is -1.84. The lowest BCUT2D eigenvalue weighted by atomic mass is 10.0. The Morgan fingerprint density at radius 1 is 1.41 bits per heavy atom. The lowest BCUT2D eigenvalue weighted by molar-refractivity contribution is -0.122. The van der Waals surface area contributed by atoms with Gasteiger partial charge < -0.3 is 9.30 Å². The van der Waals surface area contributed by atoms with E-state index in [0.717, 1.165) is 29.3 Å². The maximum absolute atomic E-state index is 12.9. The number of benzene rings is 1. The van der Waals surface area contributed by atoms with Crippen LogP contribution in [0.5, 0.6) is 0 Å². The second-order valence-corrected chi connectivity index (χ2v) is 9.86. The van der Waals surface area contributed by atoms with E-state index < -0.39 is 22.0 Å². The van der Waals surface area contributed by atoms with Crippen molar-refractivity contribution in [3.05, 3.63) is 28.0 Å². The van der Waals surface area contributed by atoms with Crippen LogP contribution in [0.25, 0.3) is 10.2 Å². The van der Waals surface area contributed by atoms with Gasteiger partial charge in [0.1, 0.15) is 6.04 Å². The normalized spacial score (nSPS) is 19.7. The first-order valence-corrected chi connectivity index (χ1v) is 11.7. The molecule has 7 nitrogen and oxygen atoms in total. The number of carbonyl (C=O) groups excluding carboxylic acids is 1. The van der Waals surface area contributed by atoms with Crippen LogP contribution in [-0.2, 0) is 26.1 Å². The van der Waals surface area contributed by atoms with Crippen molar-refractivity contribution in [2.24, 2.45) is 4.99 Å². The third-order valence-corrected chi connectivity index (χ3v) is 7.10. The number of ether oxygens (including phenoxy) is 1. The van der Waals surface area contributed by atoms with E-state index in [-0.39, 0.29) is 0 Å². The lowest BCUT2D eigenvalue weighted by Crippen LogP contribution is -2.47. The fraction of sp³-hybridized carbons (Fsp3) is 0.529. The van der Waals surface area contributed by atoms with Gasteiger partial charge in [-0.25, -0.2) is 8.42 Å². The zero-order valence-electron chi connectivity index (χ0n) is 15.2. The van der Waals surface area contributed by atoms with E-state index in [1.165, 1.54) is 15.6 Å². The summed E-state index contributed by atoms with van der Waals surface area (Å²) in [5, 5.41) is 0.607. The minimum atomic E-state index is -3.46. The van der Waals surface area contributed by atoms with Crippen LogP contribution in [0, 0.1) is 0 Å². The highest BCUT2D eigenvalue weighted by atomic mass is 35.5. The zero-order valence-corrected chi connectivity index (χ0v) is 17.6. The molecule has 1 aliphatic rings. The van der Waals surface area contributed by atoms with Gasteiger partial charge in [0.2, 0.25) is 10.0 Å². The molecule has 1 atom stereocenters. The maximum atomic E-state index is 12.9. The number of hydrogen-bond donors (Lipinski definition) is 0.